The van der Waals surface area contributed by atoms with Crippen LogP contribution in [0.5, 0.6) is 0 Å². The van der Waals surface area contributed by atoms with Crippen molar-refractivity contribution in [3.8, 4) is 0 Å². The Hall–Kier alpha value is -0.270. The molecule has 0 aliphatic heterocycles. The van der Waals surface area contributed by atoms with Gasteiger partial charge in [0.2, 0.25) is 0 Å². The fourth-order valence-corrected chi connectivity index (χ4v) is 1.55. The van der Waals surface area contributed by atoms with Crippen molar-refractivity contribution in [2.24, 2.45) is 0 Å². The Morgan fingerprint density at radius 3 is 2.69 bits per heavy atom. The number of rotatable bonds is 4. The van der Waals surface area contributed by atoms with Crippen molar-refractivity contribution in [2.45, 2.75) is 19.3 Å². The number of benzene rings is 1. The second kappa shape index (κ2) is 5.46. The van der Waals surface area contributed by atoms with Crippen LogP contribution in [0.3, 0.4) is 0 Å². The molecule has 0 heterocycles. The highest BCUT2D eigenvalue weighted by Gasteiger charge is 2.01. The molecule has 0 N–H and O–H groups in total. The Balaban J connectivity index is 2.59. The lowest BCUT2D eigenvalue weighted by Gasteiger charge is -2.02. The van der Waals surface area contributed by atoms with Crippen molar-refractivity contribution in [1.29, 1.82) is 0 Å². The van der Waals surface area contributed by atoms with Crippen LogP contribution < -0.4 is 0 Å². The first-order valence-electron chi connectivity index (χ1n) is 4.24. The lowest BCUT2D eigenvalue weighted by molar-refractivity contribution is 0.624. The van der Waals surface area contributed by atoms with Gasteiger partial charge in [0.25, 0.3) is 0 Å². The molecule has 0 spiro atoms. The Morgan fingerprint density at radius 1 is 1.23 bits per heavy atom. The molecule has 0 fully saturated rings. The molecule has 0 bridgehead atoms. The van der Waals surface area contributed by atoms with E-state index in [9.17, 15) is 4.39 Å². The van der Waals surface area contributed by atoms with Gasteiger partial charge in [-0.05, 0) is 43.0 Å². The number of aryl methyl sites for hydroxylation is 1. The molecule has 0 saturated heterocycles. The van der Waals surface area contributed by atoms with Crippen molar-refractivity contribution in [3.63, 3.8) is 0 Å². The van der Waals surface area contributed by atoms with Gasteiger partial charge in [-0.15, -0.1) is 11.6 Å². The zero-order valence-electron chi connectivity index (χ0n) is 7.19. The number of unbranched alkanes of at least 4 members (excludes halogenated alkanes) is 1. The highest BCUT2D eigenvalue weighted by Crippen LogP contribution is 2.19. The molecule has 0 aliphatic rings. The summed E-state index contributed by atoms with van der Waals surface area (Å²) in [5, 5.41) is 0.635. The SMILES string of the molecule is Fc1ccc(Cl)c(CCCCCl)c1. The minimum Gasteiger partial charge on any atom is -0.207 e. The molecule has 1 aromatic carbocycles. The third-order valence-electron chi connectivity index (χ3n) is 1.84. The number of hydrogen-bond acceptors (Lipinski definition) is 0. The van der Waals surface area contributed by atoms with Crippen molar-refractivity contribution in [1.82, 2.24) is 0 Å². The van der Waals surface area contributed by atoms with E-state index in [4.69, 9.17) is 23.2 Å². The van der Waals surface area contributed by atoms with E-state index in [-0.39, 0.29) is 5.82 Å². The average molecular weight is 221 g/mol. The van der Waals surface area contributed by atoms with Crippen LogP contribution in [0.4, 0.5) is 4.39 Å². The van der Waals surface area contributed by atoms with E-state index >= 15 is 0 Å². The topological polar surface area (TPSA) is 0 Å². The van der Waals surface area contributed by atoms with E-state index in [0.29, 0.717) is 10.9 Å². The first-order valence-corrected chi connectivity index (χ1v) is 5.15. The highest BCUT2D eigenvalue weighted by atomic mass is 35.5. The molecular weight excluding hydrogens is 210 g/mol. The smallest absolute Gasteiger partial charge is 0.123 e. The van der Waals surface area contributed by atoms with Crippen LogP contribution >= 0.6 is 23.2 Å². The number of alkyl halides is 1. The first kappa shape index (κ1) is 10.8. The van der Waals surface area contributed by atoms with Gasteiger partial charge in [-0.1, -0.05) is 11.6 Å². The standard InChI is InChI=1S/C10H11Cl2F/c11-6-2-1-3-8-7-9(13)4-5-10(8)12/h4-5,7H,1-3,6H2. The lowest BCUT2D eigenvalue weighted by atomic mass is 10.1. The predicted octanol–water partition coefficient (Wildman–Crippen LogP) is 4.04. The molecule has 0 aromatic heterocycles. The predicted molar refractivity (Wildman–Crippen MR) is 55.1 cm³/mol. The van der Waals surface area contributed by atoms with Gasteiger partial charge in [-0.2, -0.15) is 0 Å². The normalized spacial score (nSPS) is 10.4. The summed E-state index contributed by atoms with van der Waals surface area (Å²) in [5.41, 5.74) is 0.867. The summed E-state index contributed by atoms with van der Waals surface area (Å²) in [5.74, 6) is 0.415. The third kappa shape index (κ3) is 3.53. The zero-order valence-corrected chi connectivity index (χ0v) is 8.71. The maximum absolute atomic E-state index is 12.8. The van der Waals surface area contributed by atoms with E-state index in [1.165, 1.54) is 12.1 Å². The largest absolute Gasteiger partial charge is 0.207 e. The second-order valence-corrected chi connectivity index (χ2v) is 3.67. The van der Waals surface area contributed by atoms with Crippen LogP contribution in [-0.2, 0) is 6.42 Å². The molecule has 0 atom stereocenters. The maximum atomic E-state index is 12.8. The molecule has 1 aromatic rings. The molecule has 1 rings (SSSR count). The minimum absolute atomic E-state index is 0.231. The summed E-state index contributed by atoms with van der Waals surface area (Å²) in [6.07, 6.45) is 2.68. The van der Waals surface area contributed by atoms with Gasteiger partial charge in [0.05, 0.1) is 0 Å². The van der Waals surface area contributed by atoms with E-state index in [1.54, 1.807) is 6.07 Å². The van der Waals surface area contributed by atoms with Crippen molar-refractivity contribution >= 4 is 23.2 Å². The van der Waals surface area contributed by atoms with Gasteiger partial charge in [0.1, 0.15) is 5.82 Å². The molecule has 0 nitrogen and oxygen atoms in total. The minimum atomic E-state index is -0.231. The molecular formula is C10H11Cl2F. The Bertz CT molecular complexity index is 274. The first-order chi connectivity index (χ1) is 6.24. The van der Waals surface area contributed by atoms with E-state index in [2.05, 4.69) is 0 Å². The van der Waals surface area contributed by atoms with Gasteiger partial charge >= 0.3 is 0 Å². The summed E-state index contributed by atoms with van der Waals surface area (Å²) < 4.78 is 12.8. The second-order valence-electron chi connectivity index (χ2n) is 2.88. The molecule has 0 aliphatic carbocycles. The molecule has 13 heavy (non-hydrogen) atoms. The fourth-order valence-electron chi connectivity index (χ4n) is 1.14. The van der Waals surface area contributed by atoms with Crippen molar-refractivity contribution in [3.05, 3.63) is 34.6 Å². The quantitative estimate of drug-likeness (QED) is 0.531. The van der Waals surface area contributed by atoms with Crippen LogP contribution in [-0.4, -0.2) is 5.88 Å². The van der Waals surface area contributed by atoms with Gasteiger partial charge in [0, 0.05) is 10.9 Å². The summed E-state index contributed by atoms with van der Waals surface area (Å²) in [4.78, 5) is 0. The van der Waals surface area contributed by atoms with Crippen molar-refractivity contribution < 1.29 is 4.39 Å². The maximum Gasteiger partial charge on any atom is 0.123 e. The Kier molecular flexibility index (Phi) is 4.54. The van der Waals surface area contributed by atoms with Crippen LogP contribution in [0, 0.1) is 5.82 Å². The summed E-state index contributed by atoms with van der Waals surface area (Å²) in [6.45, 7) is 0. The summed E-state index contributed by atoms with van der Waals surface area (Å²) >= 11 is 11.4. The van der Waals surface area contributed by atoms with E-state index < -0.39 is 0 Å². The van der Waals surface area contributed by atoms with E-state index in [1.807, 2.05) is 0 Å². The fraction of sp³-hybridized carbons (Fsp3) is 0.400. The number of halogens is 3. The number of hydrogen-bond donors (Lipinski definition) is 0. The van der Waals surface area contributed by atoms with Gasteiger partial charge in [-0.3, -0.25) is 0 Å². The third-order valence-corrected chi connectivity index (χ3v) is 2.47. The van der Waals surface area contributed by atoms with Crippen LogP contribution in [0.25, 0.3) is 0 Å². The Morgan fingerprint density at radius 2 is 2.00 bits per heavy atom. The highest BCUT2D eigenvalue weighted by molar-refractivity contribution is 6.31. The molecule has 0 radical (unpaired) electrons. The van der Waals surface area contributed by atoms with Gasteiger partial charge in [0.15, 0.2) is 0 Å². The summed E-state index contributed by atoms with van der Waals surface area (Å²) in [7, 11) is 0. The van der Waals surface area contributed by atoms with Gasteiger partial charge < -0.3 is 0 Å². The Labute approximate surface area is 87.7 Å². The van der Waals surface area contributed by atoms with E-state index in [0.717, 1.165) is 24.8 Å². The van der Waals surface area contributed by atoms with Crippen LogP contribution in [0.1, 0.15) is 18.4 Å². The zero-order chi connectivity index (χ0) is 9.68. The molecule has 3 heteroatoms. The lowest BCUT2D eigenvalue weighted by Crippen LogP contribution is -1.89. The van der Waals surface area contributed by atoms with Crippen LogP contribution in [0.15, 0.2) is 18.2 Å². The monoisotopic (exact) mass is 220 g/mol. The van der Waals surface area contributed by atoms with Crippen LogP contribution in [0.2, 0.25) is 5.02 Å². The molecule has 72 valence electrons. The van der Waals surface area contributed by atoms with Crippen molar-refractivity contribution in [2.75, 3.05) is 5.88 Å². The summed E-state index contributed by atoms with van der Waals surface area (Å²) in [6, 6.07) is 4.44. The van der Waals surface area contributed by atoms with Gasteiger partial charge in [-0.25, -0.2) is 4.39 Å². The molecule has 0 saturated carbocycles. The molecule has 0 amide bonds. The molecule has 0 unspecified atom stereocenters. The average Bonchev–Trinajstić information content (AvgIpc) is 2.11.